The Morgan fingerprint density at radius 3 is 2.42 bits per heavy atom. The van der Waals surface area contributed by atoms with Crippen LogP contribution >= 0.6 is 0 Å². The lowest BCUT2D eigenvalue weighted by molar-refractivity contribution is -0.203. The van der Waals surface area contributed by atoms with Crippen molar-refractivity contribution in [1.82, 2.24) is 0 Å². The van der Waals surface area contributed by atoms with Crippen LogP contribution in [0.5, 0.6) is 0 Å². The lowest BCUT2D eigenvalue weighted by Gasteiger charge is -2.33. The highest BCUT2D eigenvalue weighted by Gasteiger charge is 2.47. The topological polar surface area (TPSA) is 85.2 Å². The van der Waals surface area contributed by atoms with Crippen molar-refractivity contribution < 1.29 is 38.0 Å². The van der Waals surface area contributed by atoms with Crippen molar-refractivity contribution in [2.24, 2.45) is 11.8 Å². The van der Waals surface area contributed by atoms with Crippen LogP contribution in [0.4, 0.5) is 8.78 Å². The number of carbonyl (C=O) groups excluding carboxylic acids is 1. The molecule has 1 heterocycles. The zero-order valence-corrected chi connectivity index (χ0v) is 24.1. The minimum atomic E-state index is -2.78. The van der Waals surface area contributed by atoms with Crippen LogP contribution in [0.2, 0.25) is 0 Å². The molecule has 1 saturated heterocycles. The van der Waals surface area contributed by atoms with Crippen LogP contribution in [-0.4, -0.2) is 59.4 Å². The van der Waals surface area contributed by atoms with E-state index in [-0.39, 0.29) is 55.6 Å². The van der Waals surface area contributed by atoms with Crippen molar-refractivity contribution in [2.45, 2.75) is 167 Å². The number of hydrogen-bond acceptors (Lipinski definition) is 6. The Bertz CT molecular complexity index is 640. The number of aliphatic hydroxyl groups is 2. The first-order chi connectivity index (χ1) is 18.1. The van der Waals surface area contributed by atoms with Crippen molar-refractivity contribution in [3.05, 3.63) is 0 Å². The van der Waals surface area contributed by atoms with E-state index in [9.17, 15) is 23.8 Å². The highest BCUT2D eigenvalue weighted by molar-refractivity contribution is 5.69. The van der Waals surface area contributed by atoms with Gasteiger partial charge < -0.3 is 24.4 Å². The van der Waals surface area contributed by atoms with Gasteiger partial charge in [-0.3, -0.25) is 4.79 Å². The molecule has 6 nitrogen and oxygen atoms in total. The maximum atomic E-state index is 14.3. The monoisotopic (exact) mass is 548 g/mol. The normalized spacial score (nSPS) is 27.1. The van der Waals surface area contributed by atoms with Crippen molar-refractivity contribution >= 4 is 5.97 Å². The number of ether oxygens (including phenoxy) is 3. The van der Waals surface area contributed by atoms with Crippen LogP contribution in [0.25, 0.3) is 0 Å². The summed E-state index contributed by atoms with van der Waals surface area (Å²) in [6, 6.07) is 0. The largest absolute Gasteiger partial charge is 0.463 e. The van der Waals surface area contributed by atoms with E-state index in [1.165, 1.54) is 0 Å². The molecule has 38 heavy (non-hydrogen) atoms. The smallest absolute Gasteiger partial charge is 0.306 e. The number of esters is 1. The highest BCUT2D eigenvalue weighted by atomic mass is 19.3. The number of alkyl halides is 2. The van der Waals surface area contributed by atoms with Gasteiger partial charge in [-0.1, -0.05) is 45.4 Å². The first-order valence-corrected chi connectivity index (χ1v) is 15.3. The Labute approximate surface area is 229 Å². The van der Waals surface area contributed by atoms with E-state index in [1.54, 1.807) is 0 Å². The van der Waals surface area contributed by atoms with Gasteiger partial charge in [-0.15, -0.1) is 0 Å². The molecule has 0 amide bonds. The quantitative estimate of drug-likeness (QED) is 0.134. The summed E-state index contributed by atoms with van der Waals surface area (Å²) in [4.78, 5) is 11.6. The van der Waals surface area contributed by atoms with E-state index >= 15 is 0 Å². The highest BCUT2D eigenvalue weighted by Crippen LogP contribution is 2.43. The minimum Gasteiger partial charge on any atom is -0.463 e. The number of rotatable bonds is 19. The van der Waals surface area contributed by atoms with Crippen LogP contribution in [0, 0.1) is 11.8 Å². The maximum absolute atomic E-state index is 14.3. The van der Waals surface area contributed by atoms with Gasteiger partial charge in [-0.25, -0.2) is 8.78 Å². The average molecular weight is 549 g/mol. The summed E-state index contributed by atoms with van der Waals surface area (Å²) >= 11 is 0. The molecule has 224 valence electrons. The van der Waals surface area contributed by atoms with Crippen LogP contribution in [0.3, 0.4) is 0 Å². The number of carbonyl (C=O) groups is 1. The van der Waals surface area contributed by atoms with Gasteiger partial charge in [0.25, 0.3) is 0 Å². The molecule has 0 bridgehead atoms. The molecular formula is C30H54F2O6. The molecule has 0 aromatic rings. The second-order valence-electron chi connectivity index (χ2n) is 11.8. The Balaban J connectivity index is 1.83. The summed E-state index contributed by atoms with van der Waals surface area (Å²) in [5.41, 5.74) is 0. The predicted octanol–water partition coefficient (Wildman–Crippen LogP) is 6.93. The van der Waals surface area contributed by atoms with Gasteiger partial charge in [-0.05, 0) is 64.7 Å². The first kappa shape index (κ1) is 33.4. The van der Waals surface area contributed by atoms with Gasteiger partial charge in [0.05, 0.1) is 24.4 Å². The fourth-order valence-electron chi connectivity index (χ4n) is 5.97. The van der Waals surface area contributed by atoms with Gasteiger partial charge in [0.1, 0.15) is 0 Å². The molecule has 0 aromatic heterocycles. The number of halogens is 2. The van der Waals surface area contributed by atoms with E-state index < -0.39 is 18.1 Å². The van der Waals surface area contributed by atoms with E-state index in [0.717, 1.165) is 70.6 Å². The van der Waals surface area contributed by atoms with Gasteiger partial charge in [-0.2, -0.15) is 0 Å². The molecule has 8 heteroatoms. The van der Waals surface area contributed by atoms with E-state index in [0.29, 0.717) is 25.9 Å². The van der Waals surface area contributed by atoms with Gasteiger partial charge >= 0.3 is 5.97 Å². The molecule has 2 fully saturated rings. The molecule has 2 N–H and O–H groups in total. The van der Waals surface area contributed by atoms with Gasteiger partial charge in [0, 0.05) is 38.2 Å². The molecule has 0 radical (unpaired) electrons. The predicted molar refractivity (Wildman–Crippen MR) is 144 cm³/mol. The maximum Gasteiger partial charge on any atom is 0.306 e. The molecule has 2 aliphatic rings. The fraction of sp³-hybridized carbons (Fsp3) is 0.967. The summed E-state index contributed by atoms with van der Waals surface area (Å²) in [7, 11) is 0. The standard InChI is InChI=1S/C30H54F2O6/c1-4-5-18-30(31,32)19-17-24(33)29-23(25(34)21-26(29)38-28-16-12-13-20-36-28)14-10-8-6-7-9-11-15-27(35)37-22(2)3/h22-26,28-29,33-34H,4-21H2,1-3H3/t23-,24+,25+,26+,28+,29+/m0/s1. The Morgan fingerprint density at radius 1 is 1.05 bits per heavy atom. The van der Waals surface area contributed by atoms with E-state index in [1.807, 2.05) is 20.8 Å². The molecular weight excluding hydrogens is 494 g/mol. The third-order valence-electron chi connectivity index (χ3n) is 8.04. The summed E-state index contributed by atoms with van der Waals surface area (Å²) in [6.45, 7) is 6.24. The van der Waals surface area contributed by atoms with Crippen molar-refractivity contribution in [3.8, 4) is 0 Å². The van der Waals surface area contributed by atoms with Gasteiger partial charge in [0.2, 0.25) is 5.92 Å². The minimum absolute atomic E-state index is 0.00916. The second kappa shape index (κ2) is 17.8. The Hall–Kier alpha value is -0.830. The molecule has 1 aliphatic heterocycles. The van der Waals surface area contributed by atoms with Crippen LogP contribution in [0.15, 0.2) is 0 Å². The summed E-state index contributed by atoms with van der Waals surface area (Å²) < 4.78 is 45.8. The van der Waals surface area contributed by atoms with Crippen molar-refractivity contribution in [3.63, 3.8) is 0 Å². The summed E-state index contributed by atoms with van der Waals surface area (Å²) in [5, 5.41) is 22.0. The second-order valence-corrected chi connectivity index (χ2v) is 11.8. The number of unbranched alkanes of at least 4 members (excludes halogenated alkanes) is 6. The third-order valence-corrected chi connectivity index (χ3v) is 8.04. The lowest BCUT2D eigenvalue weighted by Crippen LogP contribution is -2.38. The Kier molecular flexibility index (Phi) is 15.6. The molecule has 0 spiro atoms. The first-order valence-electron chi connectivity index (χ1n) is 15.3. The molecule has 2 rings (SSSR count). The zero-order chi connectivity index (χ0) is 28.0. The number of aliphatic hydroxyl groups excluding tert-OH is 2. The molecule has 6 atom stereocenters. The van der Waals surface area contributed by atoms with Crippen LogP contribution < -0.4 is 0 Å². The summed E-state index contributed by atoms with van der Waals surface area (Å²) in [5.74, 6) is -3.46. The van der Waals surface area contributed by atoms with Crippen molar-refractivity contribution in [1.29, 1.82) is 0 Å². The SMILES string of the molecule is CCCCC(F)(F)CC[C@@H](O)[C@H]1[C@@H](CCCCCCCCC(=O)OC(C)C)[C@H](O)C[C@H]1O[C@@H]1CCCCO1. The van der Waals surface area contributed by atoms with Crippen LogP contribution in [-0.2, 0) is 19.0 Å². The molecule has 1 aliphatic carbocycles. The fourth-order valence-corrected chi connectivity index (χ4v) is 5.97. The average Bonchev–Trinajstić information content (AvgIpc) is 3.17. The lowest BCUT2D eigenvalue weighted by atomic mass is 9.82. The molecule has 0 aromatic carbocycles. The third kappa shape index (κ3) is 12.6. The zero-order valence-electron chi connectivity index (χ0n) is 24.1. The van der Waals surface area contributed by atoms with E-state index in [4.69, 9.17) is 14.2 Å². The Morgan fingerprint density at radius 2 is 1.76 bits per heavy atom. The molecule has 0 unspecified atom stereocenters. The number of hydrogen-bond donors (Lipinski definition) is 2. The van der Waals surface area contributed by atoms with E-state index in [2.05, 4.69) is 0 Å². The summed E-state index contributed by atoms with van der Waals surface area (Å²) in [6.07, 6.45) is 8.50. The van der Waals surface area contributed by atoms with Gasteiger partial charge in [0.15, 0.2) is 6.29 Å². The molecule has 1 saturated carbocycles. The van der Waals surface area contributed by atoms with Crippen LogP contribution in [0.1, 0.15) is 130 Å². The van der Waals surface area contributed by atoms with Crippen molar-refractivity contribution in [2.75, 3.05) is 6.61 Å².